The Hall–Kier alpha value is -4.66. The van der Waals surface area contributed by atoms with E-state index >= 15 is 4.39 Å². The molecule has 0 aliphatic heterocycles. The number of para-hydroxylation sites is 1. The average Bonchev–Trinajstić information content (AvgIpc) is 3.60. The lowest BCUT2D eigenvalue weighted by molar-refractivity contribution is -0.126. The first-order valence-corrected chi connectivity index (χ1v) is 11.2. The summed E-state index contributed by atoms with van der Waals surface area (Å²) in [5.41, 5.74) is 1.09. The first-order valence-electron chi connectivity index (χ1n) is 11.2. The Morgan fingerprint density at radius 3 is 2.31 bits per heavy atom. The molecule has 184 valence electrons. The summed E-state index contributed by atoms with van der Waals surface area (Å²) in [5, 5.41) is 5.23. The molecule has 2 aromatic carbocycles. The van der Waals surface area contributed by atoms with E-state index in [-0.39, 0.29) is 17.9 Å². The Balaban J connectivity index is 1.70. The van der Waals surface area contributed by atoms with Crippen molar-refractivity contribution >= 4 is 23.4 Å². The molecular formula is C27H24FN3O5. The zero-order valence-electron chi connectivity index (χ0n) is 19.4. The normalized spacial score (nSPS) is 11.5. The van der Waals surface area contributed by atoms with Crippen LogP contribution in [0.15, 0.2) is 94.2 Å². The molecule has 0 aliphatic carbocycles. The van der Waals surface area contributed by atoms with Crippen molar-refractivity contribution in [2.45, 2.75) is 19.5 Å². The topological polar surface area (TPSA) is 105 Å². The summed E-state index contributed by atoms with van der Waals surface area (Å²) in [4.78, 5) is 40.7. The molecule has 36 heavy (non-hydrogen) atoms. The highest BCUT2D eigenvalue weighted by atomic mass is 19.1. The average molecular weight is 490 g/mol. The predicted molar refractivity (Wildman–Crippen MR) is 129 cm³/mol. The lowest BCUT2D eigenvalue weighted by Crippen LogP contribution is -2.48. The number of furan rings is 2. The van der Waals surface area contributed by atoms with E-state index in [9.17, 15) is 14.4 Å². The number of rotatable bonds is 9. The number of aryl methyl sites for hydroxylation is 1. The van der Waals surface area contributed by atoms with Gasteiger partial charge in [0.1, 0.15) is 17.6 Å². The van der Waals surface area contributed by atoms with Gasteiger partial charge < -0.3 is 19.5 Å². The molecule has 2 heterocycles. The molecule has 0 saturated heterocycles. The number of carbonyl (C=O) groups excluding carboxylic acids is 3. The zero-order valence-corrected chi connectivity index (χ0v) is 19.4. The molecule has 0 aliphatic rings. The molecule has 3 amide bonds. The van der Waals surface area contributed by atoms with Crippen LogP contribution < -0.4 is 15.5 Å². The van der Waals surface area contributed by atoms with Gasteiger partial charge in [0.25, 0.3) is 5.91 Å². The van der Waals surface area contributed by atoms with Gasteiger partial charge in [-0.3, -0.25) is 19.3 Å². The second kappa shape index (κ2) is 11.2. The van der Waals surface area contributed by atoms with Crippen LogP contribution in [0, 0.1) is 12.7 Å². The second-order valence-corrected chi connectivity index (χ2v) is 7.93. The Labute approximate surface area is 206 Å². The molecule has 4 rings (SSSR count). The molecule has 0 saturated carbocycles. The molecule has 1 atom stereocenters. The highest BCUT2D eigenvalue weighted by Crippen LogP contribution is 2.31. The molecule has 4 aromatic rings. The molecule has 0 bridgehead atoms. The summed E-state index contributed by atoms with van der Waals surface area (Å²) < 4.78 is 25.4. The maximum atomic E-state index is 15.0. The van der Waals surface area contributed by atoms with Gasteiger partial charge in [-0.2, -0.15) is 0 Å². The van der Waals surface area contributed by atoms with Crippen molar-refractivity contribution in [2.75, 3.05) is 11.4 Å². The van der Waals surface area contributed by atoms with Gasteiger partial charge in [0.05, 0.1) is 25.6 Å². The first-order chi connectivity index (χ1) is 17.5. The highest BCUT2D eigenvalue weighted by Gasteiger charge is 2.35. The van der Waals surface area contributed by atoms with E-state index in [4.69, 9.17) is 8.83 Å². The van der Waals surface area contributed by atoms with E-state index in [1.807, 2.05) is 0 Å². The first kappa shape index (κ1) is 24.5. The summed E-state index contributed by atoms with van der Waals surface area (Å²) in [6.07, 6.45) is 2.81. The number of hydrogen-bond donors (Lipinski definition) is 2. The summed E-state index contributed by atoms with van der Waals surface area (Å²) in [7, 11) is 0. The fraction of sp³-hybridized carbons (Fsp3) is 0.148. The summed E-state index contributed by atoms with van der Waals surface area (Å²) in [6.45, 7) is 1.36. The zero-order chi connectivity index (χ0) is 25.5. The van der Waals surface area contributed by atoms with Gasteiger partial charge in [-0.1, -0.05) is 36.4 Å². The number of benzene rings is 2. The van der Waals surface area contributed by atoms with Crippen LogP contribution in [0.2, 0.25) is 0 Å². The maximum absolute atomic E-state index is 15.0. The van der Waals surface area contributed by atoms with Gasteiger partial charge in [0, 0.05) is 11.3 Å². The molecule has 0 fully saturated rings. The Kier molecular flexibility index (Phi) is 7.60. The molecule has 2 N–H and O–H groups in total. The number of amides is 3. The third kappa shape index (κ3) is 5.52. The highest BCUT2D eigenvalue weighted by molar-refractivity contribution is 6.04. The van der Waals surface area contributed by atoms with Crippen LogP contribution in [-0.2, 0) is 16.1 Å². The molecule has 0 radical (unpaired) electrons. The van der Waals surface area contributed by atoms with Gasteiger partial charge >= 0.3 is 0 Å². The minimum absolute atomic E-state index is 0.00316. The maximum Gasteiger partial charge on any atom is 0.287 e. The van der Waals surface area contributed by atoms with E-state index in [0.29, 0.717) is 17.0 Å². The molecule has 8 nitrogen and oxygen atoms in total. The number of halogens is 1. The monoisotopic (exact) mass is 489 g/mol. The molecular weight excluding hydrogens is 465 g/mol. The molecule has 0 spiro atoms. The van der Waals surface area contributed by atoms with Crippen LogP contribution in [-0.4, -0.2) is 24.3 Å². The van der Waals surface area contributed by atoms with Gasteiger partial charge in [-0.15, -0.1) is 0 Å². The van der Waals surface area contributed by atoms with Gasteiger partial charge in [0.15, 0.2) is 5.76 Å². The van der Waals surface area contributed by atoms with Crippen molar-refractivity contribution in [1.29, 1.82) is 0 Å². The van der Waals surface area contributed by atoms with Crippen LogP contribution in [0.1, 0.15) is 33.5 Å². The number of anilines is 1. The quantitative estimate of drug-likeness (QED) is 0.368. The lowest BCUT2D eigenvalue weighted by Gasteiger charge is -2.32. The van der Waals surface area contributed by atoms with E-state index in [2.05, 4.69) is 10.6 Å². The predicted octanol–water partition coefficient (Wildman–Crippen LogP) is 4.14. The number of hydrogen-bond acceptors (Lipinski definition) is 5. The van der Waals surface area contributed by atoms with Crippen LogP contribution in [0.3, 0.4) is 0 Å². The summed E-state index contributed by atoms with van der Waals surface area (Å²) in [6, 6.07) is 17.7. The van der Waals surface area contributed by atoms with Crippen LogP contribution in [0.25, 0.3) is 0 Å². The van der Waals surface area contributed by atoms with Gasteiger partial charge in [-0.05, 0) is 48.9 Å². The van der Waals surface area contributed by atoms with Gasteiger partial charge in [-0.25, -0.2) is 4.39 Å². The van der Waals surface area contributed by atoms with Crippen LogP contribution in [0.4, 0.5) is 10.1 Å². The number of carbonyl (C=O) groups is 3. The smallest absolute Gasteiger partial charge is 0.287 e. The Morgan fingerprint density at radius 2 is 1.61 bits per heavy atom. The largest absolute Gasteiger partial charge is 0.467 e. The van der Waals surface area contributed by atoms with E-state index < -0.39 is 36.1 Å². The van der Waals surface area contributed by atoms with Crippen LogP contribution in [0.5, 0.6) is 0 Å². The second-order valence-electron chi connectivity index (χ2n) is 7.93. The van der Waals surface area contributed by atoms with E-state index in [1.165, 1.54) is 41.7 Å². The minimum atomic E-state index is -1.37. The van der Waals surface area contributed by atoms with Crippen molar-refractivity contribution in [3.05, 3.63) is 114 Å². The lowest BCUT2D eigenvalue weighted by atomic mass is 10.0. The van der Waals surface area contributed by atoms with E-state index in [1.54, 1.807) is 55.5 Å². The van der Waals surface area contributed by atoms with Crippen molar-refractivity contribution in [1.82, 2.24) is 10.6 Å². The minimum Gasteiger partial charge on any atom is -0.467 e. The number of nitrogens with zero attached hydrogens (tertiary/aromatic N) is 1. The van der Waals surface area contributed by atoms with Gasteiger partial charge in [0.2, 0.25) is 11.8 Å². The number of nitrogens with one attached hydrogen (secondary N) is 2. The summed E-state index contributed by atoms with van der Waals surface area (Å²) >= 11 is 0. The summed E-state index contributed by atoms with van der Waals surface area (Å²) in [5.74, 6) is -1.96. The SMILES string of the molecule is Cc1ccccc1N(C(=O)CNC(=O)c1ccco1)[C@H](C(=O)NCc1ccco1)c1ccccc1F. The van der Waals surface area contributed by atoms with E-state index in [0.717, 1.165) is 0 Å². The van der Waals surface area contributed by atoms with Crippen molar-refractivity contribution in [3.8, 4) is 0 Å². The third-order valence-electron chi connectivity index (χ3n) is 5.51. The van der Waals surface area contributed by atoms with Crippen molar-refractivity contribution in [3.63, 3.8) is 0 Å². The Morgan fingerprint density at radius 1 is 0.889 bits per heavy atom. The fourth-order valence-electron chi connectivity index (χ4n) is 3.77. The van der Waals surface area contributed by atoms with Crippen molar-refractivity contribution in [2.24, 2.45) is 0 Å². The standard InChI is InChI=1S/C27H24FN3O5/c1-18-8-2-5-12-22(18)31(24(32)17-30-26(33)23-13-7-15-36-23)25(20-10-3-4-11-21(20)28)27(34)29-16-19-9-6-14-35-19/h2-15,25H,16-17H2,1H3,(H,29,34)(H,30,33)/t25-/m0/s1. The fourth-order valence-corrected chi connectivity index (χ4v) is 3.77. The third-order valence-corrected chi connectivity index (χ3v) is 5.51. The van der Waals surface area contributed by atoms with Crippen LogP contribution >= 0.6 is 0 Å². The van der Waals surface area contributed by atoms with Crippen molar-refractivity contribution < 1.29 is 27.6 Å². The molecule has 9 heteroatoms. The molecule has 0 unspecified atom stereocenters. The Bertz CT molecular complexity index is 1340. The molecule has 2 aromatic heterocycles.